The molecule has 1 aromatic carbocycles. The minimum absolute atomic E-state index is 0.217. The van der Waals surface area contributed by atoms with Crippen LogP contribution in [-0.4, -0.2) is 24.3 Å². The number of nitrogens with zero attached hydrogens (tertiary/aromatic N) is 1. The lowest BCUT2D eigenvalue weighted by molar-refractivity contribution is 0.153. The minimum Gasteiger partial charge on any atom is -0.454 e. The third kappa shape index (κ3) is 2.35. The molecule has 1 fully saturated rings. The molecule has 2 aliphatic heterocycles. The zero-order valence-corrected chi connectivity index (χ0v) is 12.6. The molecule has 3 heterocycles. The monoisotopic (exact) mass is 301 g/mol. The van der Waals surface area contributed by atoms with E-state index in [4.69, 9.17) is 13.9 Å². The molecular weight excluding hydrogens is 282 g/mol. The molecule has 1 unspecified atom stereocenters. The van der Waals surface area contributed by atoms with Crippen molar-refractivity contribution in [1.82, 2.24) is 4.90 Å². The predicted molar refractivity (Wildman–Crippen MR) is 82.3 cm³/mol. The standard InChI is InChI=1S/C17H19NO4/c1-11-4-2-3-5-18(11)9-12-6-17(19)22-14-8-16-15(7-13(12)14)20-10-21-16/h6-8,11H,2-5,9-10H2,1H3. The number of hydrogen-bond donors (Lipinski definition) is 0. The second-order valence-corrected chi connectivity index (χ2v) is 6.11. The van der Waals surface area contributed by atoms with Crippen LogP contribution >= 0.6 is 0 Å². The minimum atomic E-state index is -0.314. The van der Waals surface area contributed by atoms with Gasteiger partial charge in [-0.05, 0) is 37.9 Å². The zero-order chi connectivity index (χ0) is 15.1. The molecule has 0 N–H and O–H groups in total. The Morgan fingerprint density at radius 1 is 1.18 bits per heavy atom. The van der Waals surface area contributed by atoms with Crippen molar-refractivity contribution in [1.29, 1.82) is 0 Å². The molecule has 22 heavy (non-hydrogen) atoms. The summed E-state index contributed by atoms with van der Waals surface area (Å²) >= 11 is 0. The Morgan fingerprint density at radius 3 is 2.82 bits per heavy atom. The Hall–Kier alpha value is -2.01. The first-order valence-corrected chi connectivity index (χ1v) is 7.81. The van der Waals surface area contributed by atoms with Gasteiger partial charge in [0, 0.05) is 30.1 Å². The summed E-state index contributed by atoms with van der Waals surface area (Å²) in [5.74, 6) is 1.36. The lowest BCUT2D eigenvalue weighted by Crippen LogP contribution is -2.36. The molecule has 2 aromatic rings. The topological polar surface area (TPSA) is 51.9 Å². The normalized spacial score (nSPS) is 21.4. The smallest absolute Gasteiger partial charge is 0.336 e. The van der Waals surface area contributed by atoms with E-state index in [0.29, 0.717) is 23.1 Å². The fraction of sp³-hybridized carbons (Fsp3) is 0.471. The first kappa shape index (κ1) is 13.6. The van der Waals surface area contributed by atoms with Crippen LogP contribution in [0.4, 0.5) is 0 Å². The average Bonchev–Trinajstić information content (AvgIpc) is 2.95. The van der Waals surface area contributed by atoms with Gasteiger partial charge in [0.25, 0.3) is 0 Å². The molecule has 5 nitrogen and oxygen atoms in total. The van der Waals surface area contributed by atoms with E-state index >= 15 is 0 Å². The number of rotatable bonds is 2. The first-order valence-electron chi connectivity index (χ1n) is 7.81. The van der Waals surface area contributed by atoms with E-state index in [0.717, 1.165) is 24.0 Å². The predicted octanol–water partition coefficient (Wildman–Crippen LogP) is 2.90. The van der Waals surface area contributed by atoms with Gasteiger partial charge in [-0.15, -0.1) is 0 Å². The van der Waals surface area contributed by atoms with Gasteiger partial charge >= 0.3 is 5.63 Å². The van der Waals surface area contributed by atoms with Gasteiger partial charge < -0.3 is 13.9 Å². The molecular formula is C17H19NO4. The maximum absolute atomic E-state index is 11.9. The van der Waals surface area contributed by atoms with Gasteiger partial charge in [0.1, 0.15) is 5.58 Å². The second kappa shape index (κ2) is 5.32. The van der Waals surface area contributed by atoms with E-state index in [-0.39, 0.29) is 12.4 Å². The summed E-state index contributed by atoms with van der Waals surface area (Å²) in [6.45, 7) is 4.31. The summed E-state index contributed by atoms with van der Waals surface area (Å²) in [6, 6.07) is 5.82. The molecule has 5 heteroatoms. The van der Waals surface area contributed by atoms with Crippen molar-refractivity contribution >= 4 is 11.0 Å². The molecule has 0 aliphatic carbocycles. The van der Waals surface area contributed by atoms with Crippen molar-refractivity contribution in [3.63, 3.8) is 0 Å². The van der Waals surface area contributed by atoms with Crippen molar-refractivity contribution in [2.24, 2.45) is 0 Å². The Balaban J connectivity index is 1.77. The van der Waals surface area contributed by atoms with Crippen molar-refractivity contribution in [2.45, 2.75) is 38.8 Å². The Kier molecular flexibility index (Phi) is 3.30. The van der Waals surface area contributed by atoms with E-state index < -0.39 is 0 Å². The van der Waals surface area contributed by atoms with E-state index in [2.05, 4.69) is 11.8 Å². The van der Waals surface area contributed by atoms with Gasteiger partial charge in [0.2, 0.25) is 6.79 Å². The summed E-state index contributed by atoms with van der Waals surface area (Å²) in [7, 11) is 0. The number of ether oxygens (including phenoxy) is 2. The van der Waals surface area contributed by atoms with Gasteiger partial charge in [-0.25, -0.2) is 4.79 Å². The quantitative estimate of drug-likeness (QED) is 0.798. The lowest BCUT2D eigenvalue weighted by Gasteiger charge is -2.33. The highest BCUT2D eigenvalue weighted by Crippen LogP contribution is 2.37. The molecule has 116 valence electrons. The van der Waals surface area contributed by atoms with Crippen LogP contribution in [0.2, 0.25) is 0 Å². The second-order valence-electron chi connectivity index (χ2n) is 6.11. The number of hydrogen-bond acceptors (Lipinski definition) is 5. The van der Waals surface area contributed by atoms with E-state index in [1.807, 2.05) is 6.07 Å². The molecule has 4 rings (SSSR count). The van der Waals surface area contributed by atoms with Crippen LogP contribution in [0.25, 0.3) is 11.0 Å². The van der Waals surface area contributed by atoms with Crippen molar-refractivity contribution in [3.8, 4) is 11.5 Å². The third-order valence-corrected chi connectivity index (χ3v) is 4.64. The van der Waals surface area contributed by atoms with E-state index in [1.165, 1.54) is 19.3 Å². The fourth-order valence-corrected chi connectivity index (χ4v) is 3.36. The molecule has 1 saturated heterocycles. The van der Waals surface area contributed by atoms with Gasteiger partial charge in [-0.2, -0.15) is 0 Å². The maximum atomic E-state index is 11.9. The van der Waals surface area contributed by atoms with Crippen LogP contribution < -0.4 is 15.1 Å². The van der Waals surface area contributed by atoms with Gasteiger partial charge in [-0.3, -0.25) is 4.90 Å². The Morgan fingerprint density at radius 2 is 2.00 bits per heavy atom. The SMILES string of the molecule is CC1CCCCN1Cc1cc(=O)oc2cc3c(cc12)OCO3. The highest BCUT2D eigenvalue weighted by molar-refractivity contribution is 5.84. The summed E-state index contributed by atoms with van der Waals surface area (Å²) in [5.41, 5.74) is 1.25. The number of fused-ring (bicyclic) bond motifs is 2. The summed E-state index contributed by atoms with van der Waals surface area (Å²) in [4.78, 5) is 14.3. The molecule has 0 radical (unpaired) electrons. The molecule has 0 amide bonds. The molecule has 0 saturated carbocycles. The maximum Gasteiger partial charge on any atom is 0.336 e. The van der Waals surface area contributed by atoms with Gasteiger partial charge in [0.05, 0.1) is 0 Å². The average molecular weight is 301 g/mol. The first-order chi connectivity index (χ1) is 10.7. The van der Waals surface area contributed by atoms with Gasteiger partial charge in [-0.1, -0.05) is 6.42 Å². The Labute approximate surface area is 128 Å². The van der Waals surface area contributed by atoms with Crippen LogP contribution in [0.5, 0.6) is 11.5 Å². The van der Waals surface area contributed by atoms with Crippen LogP contribution in [0.15, 0.2) is 27.4 Å². The van der Waals surface area contributed by atoms with Crippen LogP contribution in [0, 0.1) is 0 Å². The van der Waals surface area contributed by atoms with Gasteiger partial charge in [0.15, 0.2) is 11.5 Å². The largest absolute Gasteiger partial charge is 0.454 e. The molecule has 0 spiro atoms. The van der Waals surface area contributed by atoms with Crippen LogP contribution in [0.1, 0.15) is 31.7 Å². The fourth-order valence-electron chi connectivity index (χ4n) is 3.36. The van der Waals surface area contributed by atoms with Crippen molar-refractivity contribution in [3.05, 3.63) is 34.2 Å². The van der Waals surface area contributed by atoms with Crippen LogP contribution in [-0.2, 0) is 6.54 Å². The number of piperidine rings is 1. The lowest BCUT2D eigenvalue weighted by atomic mass is 10.0. The highest BCUT2D eigenvalue weighted by Gasteiger charge is 2.21. The summed E-state index contributed by atoms with van der Waals surface area (Å²) < 4.78 is 16.1. The molecule has 0 bridgehead atoms. The zero-order valence-electron chi connectivity index (χ0n) is 12.6. The van der Waals surface area contributed by atoms with E-state index in [1.54, 1.807) is 12.1 Å². The summed E-state index contributed by atoms with van der Waals surface area (Å²) in [6.07, 6.45) is 3.72. The molecule has 1 aromatic heterocycles. The van der Waals surface area contributed by atoms with Crippen molar-refractivity contribution < 1.29 is 13.9 Å². The van der Waals surface area contributed by atoms with Crippen molar-refractivity contribution in [2.75, 3.05) is 13.3 Å². The van der Waals surface area contributed by atoms with Crippen LogP contribution in [0.3, 0.4) is 0 Å². The molecule has 2 aliphatic rings. The van der Waals surface area contributed by atoms with E-state index in [9.17, 15) is 4.79 Å². The summed E-state index contributed by atoms with van der Waals surface area (Å²) in [5, 5.41) is 0.932. The highest BCUT2D eigenvalue weighted by atomic mass is 16.7. The molecule has 1 atom stereocenters. The number of likely N-dealkylation sites (tertiary alicyclic amines) is 1. The Bertz CT molecular complexity index is 767. The third-order valence-electron chi connectivity index (χ3n) is 4.64. The number of benzene rings is 1.